The van der Waals surface area contributed by atoms with Crippen LogP contribution in [0.3, 0.4) is 0 Å². The Hall–Kier alpha value is -2.19. The summed E-state index contributed by atoms with van der Waals surface area (Å²) in [5, 5.41) is 11.8. The monoisotopic (exact) mass is 361 g/mol. The maximum atomic E-state index is 12.1. The fraction of sp³-hybridized carbons (Fsp3) is 0. The summed E-state index contributed by atoms with van der Waals surface area (Å²) in [5.74, 6) is -0.280. The molecule has 0 atom stereocenters. The lowest BCUT2D eigenvalue weighted by atomic mass is 10.3. The number of hydrogen-bond donors (Lipinski definition) is 1. The molecular weight excluding hydrogens is 354 g/mol. The molecule has 0 unspecified atom stereocenters. The molecule has 0 aliphatic rings. The van der Waals surface area contributed by atoms with E-state index in [1.807, 2.05) is 12.1 Å². The molecule has 0 bridgehead atoms. The summed E-state index contributed by atoms with van der Waals surface area (Å²) in [7, 11) is 0. The van der Waals surface area contributed by atoms with Crippen LogP contribution in [0.25, 0.3) is 10.6 Å². The Bertz CT molecular complexity index is 777. The lowest BCUT2D eigenvalue weighted by molar-refractivity contribution is 0.102. The maximum absolute atomic E-state index is 12.1. The van der Waals surface area contributed by atoms with Crippen molar-refractivity contribution in [1.29, 1.82) is 0 Å². The number of halogens is 1. The number of amides is 1. The Balaban J connectivity index is 1.77. The van der Waals surface area contributed by atoms with Crippen molar-refractivity contribution in [3.8, 4) is 10.6 Å². The van der Waals surface area contributed by atoms with E-state index in [1.165, 1.54) is 17.5 Å². The second-order valence-electron chi connectivity index (χ2n) is 4.00. The number of anilines is 1. The summed E-state index contributed by atoms with van der Waals surface area (Å²) in [6.07, 6.45) is 6.49. The molecule has 21 heavy (non-hydrogen) atoms. The summed E-state index contributed by atoms with van der Waals surface area (Å²) >= 11 is 4.56. The summed E-state index contributed by atoms with van der Waals surface area (Å²) in [5.41, 5.74) is 1.31. The van der Waals surface area contributed by atoms with Crippen molar-refractivity contribution >= 4 is 38.3 Å². The number of carbonyl (C=O) groups is 1. The summed E-state index contributed by atoms with van der Waals surface area (Å²) in [6.45, 7) is 0. The van der Waals surface area contributed by atoms with Crippen molar-refractivity contribution < 1.29 is 4.79 Å². The van der Waals surface area contributed by atoms with Crippen LogP contribution in [0.4, 0.5) is 5.13 Å². The molecule has 3 heterocycles. The molecule has 0 fully saturated rings. The molecule has 3 rings (SSSR count). The highest BCUT2D eigenvalue weighted by Gasteiger charge is 2.11. The van der Waals surface area contributed by atoms with Gasteiger partial charge >= 0.3 is 0 Å². The summed E-state index contributed by atoms with van der Waals surface area (Å²) < 4.78 is 0.739. The number of pyridine rings is 2. The Labute approximate surface area is 132 Å². The van der Waals surface area contributed by atoms with Crippen LogP contribution in [0.1, 0.15) is 10.4 Å². The highest BCUT2D eigenvalue weighted by atomic mass is 79.9. The number of hydrogen-bond acceptors (Lipinski definition) is 6. The normalized spacial score (nSPS) is 10.3. The smallest absolute Gasteiger partial charge is 0.259 e. The van der Waals surface area contributed by atoms with E-state index in [2.05, 4.69) is 41.4 Å². The number of carbonyl (C=O) groups excluding carboxylic acids is 1. The van der Waals surface area contributed by atoms with Gasteiger partial charge in [-0.15, -0.1) is 10.2 Å². The summed E-state index contributed by atoms with van der Waals surface area (Å²) in [4.78, 5) is 20.0. The fourth-order valence-electron chi connectivity index (χ4n) is 1.58. The molecule has 0 saturated carbocycles. The fourth-order valence-corrected chi connectivity index (χ4v) is 2.68. The molecule has 104 valence electrons. The minimum Gasteiger partial charge on any atom is -0.296 e. The first-order valence-corrected chi connectivity index (χ1v) is 7.49. The van der Waals surface area contributed by atoms with E-state index in [9.17, 15) is 4.79 Å². The van der Waals surface area contributed by atoms with Crippen LogP contribution in [-0.2, 0) is 0 Å². The van der Waals surface area contributed by atoms with Crippen molar-refractivity contribution in [3.05, 3.63) is 53.0 Å². The third-order valence-corrected chi connectivity index (χ3v) is 3.84. The number of nitrogens with zero attached hydrogens (tertiary/aromatic N) is 4. The average Bonchev–Trinajstić information content (AvgIpc) is 2.97. The van der Waals surface area contributed by atoms with E-state index in [4.69, 9.17) is 0 Å². The molecule has 0 aliphatic heterocycles. The van der Waals surface area contributed by atoms with Gasteiger partial charge in [-0.3, -0.25) is 20.1 Å². The van der Waals surface area contributed by atoms with Crippen molar-refractivity contribution in [2.24, 2.45) is 0 Å². The van der Waals surface area contributed by atoms with Crippen LogP contribution in [0.5, 0.6) is 0 Å². The van der Waals surface area contributed by atoms with Gasteiger partial charge in [-0.1, -0.05) is 11.3 Å². The van der Waals surface area contributed by atoms with Crippen LogP contribution in [0.2, 0.25) is 0 Å². The Morgan fingerprint density at radius 3 is 2.86 bits per heavy atom. The first-order valence-electron chi connectivity index (χ1n) is 5.88. The van der Waals surface area contributed by atoms with Gasteiger partial charge in [0, 0.05) is 34.8 Å². The SMILES string of the molecule is O=C(Nc1nnc(-c2cccnc2)s1)c1cncc(Br)c1. The second-order valence-corrected chi connectivity index (χ2v) is 5.89. The zero-order valence-corrected chi connectivity index (χ0v) is 12.9. The third-order valence-electron chi connectivity index (χ3n) is 2.52. The number of aromatic nitrogens is 4. The maximum Gasteiger partial charge on any atom is 0.259 e. The Kier molecular flexibility index (Phi) is 3.98. The Morgan fingerprint density at radius 2 is 2.10 bits per heavy atom. The predicted molar refractivity (Wildman–Crippen MR) is 83.0 cm³/mol. The van der Waals surface area contributed by atoms with Gasteiger partial charge in [0.1, 0.15) is 0 Å². The van der Waals surface area contributed by atoms with Gasteiger partial charge in [-0.2, -0.15) is 0 Å². The predicted octanol–water partition coefficient (Wildman–Crippen LogP) is 3.01. The largest absolute Gasteiger partial charge is 0.296 e. The minimum absolute atomic E-state index is 0.280. The zero-order valence-electron chi connectivity index (χ0n) is 10.5. The van der Waals surface area contributed by atoms with Gasteiger partial charge in [0.05, 0.1) is 5.56 Å². The van der Waals surface area contributed by atoms with Gasteiger partial charge in [-0.25, -0.2) is 0 Å². The van der Waals surface area contributed by atoms with E-state index in [1.54, 1.807) is 24.7 Å². The van der Waals surface area contributed by atoms with E-state index in [0.717, 1.165) is 10.0 Å². The molecule has 0 radical (unpaired) electrons. The van der Waals surface area contributed by atoms with Crippen LogP contribution in [0, 0.1) is 0 Å². The van der Waals surface area contributed by atoms with E-state index >= 15 is 0 Å². The second kappa shape index (κ2) is 6.06. The van der Waals surface area contributed by atoms with Crippen LogP contribution >= 0.6 is 27.3 Å². The number of rotatable bonds is 3. The van der Waals surface area contributed by atoms with Gasteiger partial charge in [0.25, 0.3) is 5.91 Å². The number of nitrogens with one attached hydrogen (secondary N) is 1. The molecule has 0 aromatic carbocycles. The van der Waals surface area contributed by atoms with Gasteiger partial charge in [0.2, 0.25) is 5.13 Å². The van der Waals surface area contributed by atoms with E-state index in [-0.39, 0.29) is 5.91 Å². The molecule has 0 saturated heterocycles. The van der Waals surface area contributed by atoms with Gasteiger partial charge in [-0.05, 0) is 34.1 Å². The van der Waals surface area contributed by atoms with Crippen LogP contribution in [-0.4, -0.2) is 26.1 Å². The summed E-state index contributed by atoms with van der Waals surface area (Å²) in [6, 6.07) is 5.39. The quantitative estimate of drug-likeness (QED) is 0.775. The van der Waals surface area contributed by atoms with Gasteiger partial charge < -0.3 is 0 Å². The highest BCUT2D eigenvalue weighted by molar-refractivity contribution is 9.10. The zero-order chi connectivity index (χ0) is 14.7. The molecule has 8 heteroatoms. The van der Waals surface area contributed by atoms with E-state index in [0.29, 0.717) is 15.7 Å². The first kappa shape index (κ1) is 13.8. The Morgan fingerprint density at radius 1 is 1.19 bits per heavy atom. The van der Waals surface area contributed by atoms with E-state index < -0.39 is 0 Å². The molecule has 0 spiro atoms. The lowest BCUT2D eigenvalue weighted by Crippen LogP contribution is -2.11. The molecule has 6 nitrogen and oxygen atoms in total. The first-order chi connectivity index (χ1) is 10.2. The lowest BCUT2D eigenvalue weighted by Gasteiger charge is -2.00. The minimum atomic E-state index is -0.280. The standard InChI is InChI=1S/C13H8BrN5OS/c14-10-4-9(6-16-7-10)11(20)17-13-19-18-12(21-13)8-2-1-3-15-5-8/h1-7H,(H,17,19,20). The molecule has 0 aliphatic carbocycles. The molecule has 1 amide bonds. The van der Waals surface area contributed by atoms with Gasteiger partial charge in [0.15, 0.2) is 5.01 Å². The van der Waals surface area contributed by atoms with Crippen molar-refractivity contribution in [3.63, 3.8) is 0 Å². The van der Waals surface area contributed by atoms with Crippen LogP contribution < -0.4 is 5.32 Å². The molecule has 1 N–H and O–H groups in total. The third kappa shape index (κ3) is 3.29. The molecule has 3 aromatic rings. The van der Waals surface area contributed by atoms with Crippen LogP contribution in [0.15, 0.2) is 47.5 Å². The highest BCUT2D eigenvalue weighted by Crippen LogP contribution is 2.25. The van der Waals surface area contributed by atoms with Crippen molar-refractivity contribution in [2.75, 3.05) is 5.32 Å². The molecule has 3 aromatic heterocycles. The van der Waals surface area contributed by atoms with Crippen molar-refractivity contribution in [1.82, 2.24) is 20.2 Å². The van der Waals surface area contributed by atoms with Crippen molar-refractivity contribution in [2.45, 2.75) is 0 Å². The topological polar surface area (TPSA) is 80.7 Å². The molecular formula is C13H8BrN5OS. The average molecular weight is 362 g/mol.